The molecule has 2 rings (SSSR count). The zero-order valence-corrected chi connectivity index (χ0v) is 12.8. The van der Waals surface area contributed by atoms with Crippen LogP contribution in [0.5, 0.6) is 0 Å². The third-order valence-electron chi connectivity index (χ3n) is 3.71. The highest BCUT2D eigenvalue weighted by atomic mass is 35.5. The maximum absolute atomic E-state index is 13.5. The Morgan fingerprint density at radius 3 is 2.81 bits per heavy atom. The van der Waals surface area contributed by atoms with Crippen LogP contribution in [0, 0.1) is 5.82 Å². The van der Waals surface area contributed by atoms with Crippen LogP contribution in [0.15, 0.2) is 18.2 Å². The van der Waals surface area contributed by atoms with Gasteiger partial charge in [0.25, 0.3) is 0 Å². The fourth-order valence-corrected chi connectivity index (χ4v) is 2.66. The number of nitrogens with zero attached hydrogens (tertiary/aromatic N) is 1. The van der Waals surface area contributed by atoms with Crippen LogP contribution in [-0.2, 0) is 16.1 Å². The van der Waals surface area contributed by atoms with Crippen LogP contribution in [0.3, 0.4) is 0 Å². The molecule has 1 aliphatic rings. The normalized spacial score (nSPS) is 23.0. The molecule has 0 bridgehead atoms. The van der Waals surface area contributed by atoms with E-state index in [1.165, 1.54) is 6.07 Å². The number of carbonyl (C=O) groups is 2. The van der Waals surface area contributed by atoms with Crippen molar-refractivity contribution in [1.29, 1.82) is 0 Å². The Bertz CT molecular complexity index is 565. The number of hydrogen-bond donors (Lipinski definition) is 1. The molecule has 1 aliphatic heterocycles. The van der Waals surface area contributed by atoms with Gasteiger partial charge in [0, 0.05) is 19.0 Å². The maximum Gasteiger partial charge on any atom is 0.245 e. The summed E-state index contributed by atoms with van der Waals surface area (Å²) in [5, 5.41) is 2.74. The van der Waals surface area contributed by atoms with Gasteiger partial charge in [-0.15, -0.1) is 0 Å². The van der Waals surface area contributed by atoms with E-state index in [0.717, 1.165) is 0 Å². The standard InChI is InChI=1S/C15H18ClFN2O2/c1-3-12-15(21)19(9(2)7-13(20)18-12)8-10-5-4-6-11(17)14(10)16/h4-6,9,12H,3,7-8H2,1-2H3,(H,18,20). The molecular formula is C15H18ClFN2O2. The SMILES string of the molecule is CCC1NC(=O)CC(C)N(Cc2cccc(F)c2Cl)C1=O. The molecule has 0 aliphatic carbocycles. The quantitative estimate of drug-likeness (QED) is 0.932. The second-order valence-corrected chi connectivity index (χ2v) is 5.64. The van der Waals surface area contributed by atoms with E-state index in [1.807, 2.05) is 13.8 Å². The number of nitrogens with one attached hydrogen (secondary N) is 1. The first-order valence-electron chi connectivity index (χ1n) is 6.96. The van der Waals surface area contributed by atoms with Crippen molar-refractivity contribution >= 4 is 23.4 Å². The first kappa shape index (κ1) is 15.8. The summed E-state index contributed by atoms with van der Waals surface area (Å²) in [6, 6.07) is 3.74. The van der Waals surface area contributed by atoms with Gasteiger partial charge in [-0.3, -0.25) is 9.59 Å². The predicted molar refractivity (Wildman–Crippen MR) is 78.3 cm³/mol. The zero-order valence-electron chi connectivity index (χ0n) is 12.0. The lowest BCUT2D eigenvalue weighted by molar-refractivity contribution is -0.135. The van der Waals surface area contributed by atoms with E-state index in [4.69, 9.17) is 11.6 Å². The molecule has 0 saturated carbocycles. The largest absolute Gasteiger partial charge is 0.344 e. The monoisotopic (exact) mass is 312 g/mol. The molecule has 1 aromatic carbocycles. The van der Waals surface area contributed by atoms with E-state index in [-0.39, 0.29) is 35.8 Å². The smallest absolute Gasteiger partial charge is 0.245 e. The van der Waals surface area contributed by atoms with Gasteiger partial charge in [-0.2, -0.15) is 0 Å². The van der Waals surface area contributed by atoms with Crippen LogP contribution in [0.25, 0.3) is 0 Å². The fraction of sp³-hybridized carbons (Fsp3) is 0.467. The molecule has 6 heteroatoms. The van der Waals surface area contributed by atoms with Crippen LogP contribution in [0.1, 0.15) is 32.3 Å². The van der Waals surface area contributed by atoms with Crippen molar-refractivity contribution in [2.45, 2.75) is 45.3 Å². The average Bonchev–Trinajstić information content (AvgIpc) is 2.54. The van der Waals surface area contributed by atoms with Crippen molar-refractivity contribution in [3.8, 4) is 0 Å². The van der Waals surface area contributed by atoms with Gasteiger partial charge < -0.3 is 10.2 Å². The van der Waals surface area contributed by atoms with Gasteiger partial charge in [0.05, 0.1) is 5.02 Å². The van der Waals surface area contributed by atoms with Gasteiger partial charge in [-0.25, -0.2) is 4.39 Å². The Labute approximate surface area is 128 Å². The van der Waals surface area contributed by atoms with Crippen molar-refractivity contribution in [3.05, 3.63) is 34.6 Å². The predicted octanol–water partition coefficient (Wildman–Crippen LogP) is 2.49. The van der Waals surface area contributed by atoms with Crippen molar-refractivity contribution in [2.75, 3.05) is 0 Å². The molecule has 1 N–H and O–H groups in total. The summed E-state index contributed by atoms with van der Waals surface area (Å²) in [4.78, 5) is 25.8. The van der Waals surface area contributed by atoms with Gasteiger partial charge in [-0.1, -0.05) is 30.7 Å². The lowest BCUT2D eigenvalue weighted by atomic mass is 10.1. The molecular weight excluding hydrogens is 295 g/mol. The minimum Gasteiger partial charge on any atom is -0.344 e. The lowest BCUT2D eigenvalue weighted by Crippen LogP contribution is -2.45. The van der Waals surface area contributed by atoms with Crippen molar-refractivity contribution in [1.82, 2.24) is 10.2 Å². The molecule has 0 radical (unpaired) electrons. The summed E-state index contributed by atoms with van der Waals surface area (Å²) in [5.74, 6) is -0.808. The average molecular weight is 313 g/mol. The molecule has 21 heavy (non-hydrogen) atoms. The molecule has 2 atom stereocenters. The number of halogens is 2. The number of amides is 2. The lowest BCUT2D eigenvalue weighted by Gasteiger charge is -2.29. The van der Waals surface area contributed by atoms with E-state index >= 15 is 0 Å². The highest BCUT2D eigenvalue weighted by Gasteiger charge is 2.33. The summed E-state index contributed by atoms with van der Waals surface area (Å²) < 4.78 is 13.5. The molecule has 0 spiro atoms. The topological polar surface area (TPSA) is 49.4 Å². The summed E-state index contributed by atoms with van der Waals surface area (Å²) in [6.07, 6.45) is 0.750. The van der Waals surface area contributed by atoms with Gasteiger partial charge in [0.2, 0.25) is 11.8 Å². The van der Waals surface area contributed by atoms with Crippen LogP contribution in [0.2, 0.25) is 5.02 Å². The van der Waals surface area contributed by atoms with Crippen molar-refractivity contribution in [2.24, 2.45) is 0 Å². The Kier molecular flexibility index (Phi) is 4.83. The number of hydrogen-bond acceptors (Lipinski definition) is 2. The summed E-state index contributed by atoms with van der Waals surface area (Å²) >= 11 is 5.95. The van der Waals surface area contributed by atoms with E-state index in [1.54, 1.807) is 17.0 Å². The maximum atomic E-state index is 13.5. The second-order valence-electron chi connectivity index (χ2n) is 5.26. The Morgan fingerprint density at radius 2 is 2.14 bits per heavy atom. The van der Waals surface area contributed by atoms with Crippen LogP contribution < -0.4 is 5.32 Å². The van der Waals surface area contributed by atoms with Crippen molar-refractivity contribution in [3.63, 3.8) is 0 Å². The molecule has 1 aromatic rings. The molecule has 2 amide bonds. The molecule has 0 aromatic heterocycles. The molecule has 2 unspecified atom stereocenters. The Balaban J connectivity index is 2.29. The Hall–Kier alpha value is -1.62. The molecule has 1 fully saturated rings. The highest BCUT2D eigenvalue weighted by molar-refractivity contribution is 6.31. The van der Waals surface area contributed by atoms with E-state index in [0.29, 0.717) is 12.0 Å². The number of benzene rings is 1. The van der Waals surface area contributed by atoms with Gasteiger partial charge in [0.15, 0.2) is 0 Å². The summed E-state index contributed by atoms with van der Waals surface area (Å²) in [6.45, 7) is 3.84. The van der Waals surface area contributed by atoms with E-state index in [2.05, 4.69) is 5.32 Å². The minimum absolute atomic E-state index is 0.0223. The number of rotatable bonds is 3. The first-order valence-corrected chi connectivity index (χ1v) is 7.34. The highest BCUT2D eigenvalue weighted by Crippen LogP contribution is 2.24. The number of carbonyl (C=O) groups excluding carboxylic acids is 2. The first-order chi connectivity index (χ1) is 9.93. The molecule has 4 nitrogen and oxygen atoms in total. The van der Waals surface area contributed by atoms with E-state index in [9.17, 15) is 14.0 Å². The van der Waals surface area contributed by atoms with Gasteiger partial charge in [-0.05, 0) is 25.0 Å². The Morgan fingerprint density at radius 1 is 1.43 bits per heavy atom. The van der Waals surface area contributed by atoms with Crippen LogP contribution in [0.4, 0.5) is 4.39 Å². The molecule has 1 saturated heterocycles. The minimum atomic E-state index is -0.533. The fourth-order valence-electron chi connectivity index (χ4n) is 2.48. The van der Waals surface area contributed by atoms with Gasteiger partial charge >= 0.3 is 0 Å². The van der Waals surface area contributed by atoms with Crippen LogP contribution in [-0.4, -0.2) is 28.8 Å². The van der Waals surface area contributed by atoms with Crippen molar-refractivity contribution < 1.29 is 14.0 Å². The summed E-state index contributed by atoms with van der Waals surface area (Å²) in [5.41, 5.74) is 0.543. The third kappa shape index (κ3) is 3.35. The second kappa shape index (κ2) is 6.43. The third-order valence-corrected chi connectivity index (χ3v) is 4.13. The summed E-state index contributed by atoms with van der Waals surface area (Å²) in [7, 11) is 0. The van der Waals surface area contributed by atoms with Gasteiger partial charge in [0.1, 0.15) is 11.9 Å². The molecule has 1 heterocycles. The molecule has 114 valence electrons. The van der Waals surface area contributed by atoms with E-state index < -0.39 is 11.9 Å². The van der Waals surface area contributed by atoms with Crippen LogP contribution >= 0.6 is 11.6 Å². The zero-order chi connectivity index (χ0) is 15.6.